The van der Waals surface area contributed by atoms with Crippen LogP contribution in [0.5, 0.6) is 0 Å². The Hall–Kier alpha value is -1.23. The average Bonchev–Trinajstić information content (AvgIpc) is 2.16. The van der Waals surface area contributed by atoms with Crippen molar-refractivity contribution in [2.75, 3.05) is 5.33 Å². The highest BCUT2D eigenvalue weighted by atomic mass is 79.9. The fraction of sp³-hybridized carbons (Fsp3) is 0.222. The van der Waals surface area contributed by atoms with Gasteiger partial charge in [0.15, 0.2) is 5.78 Å². The molecule has 0 radical (unpaired) electrons. The summed E-state index contributed by atoms with van der Waals surface area (Å²) in [6, 6.07) is 4.77. The van der Waals surface area contributed by atoms with Crippen molar-refractivity contribution >= 4 is 27.7 Å². The highest BCUT2D eigenvalue weighted by molar-refractivity contribution is 9.09. The Morgan fingerprint density at radius 3 is 2.71 bits per heavy atom. The lowest BCUT2D eigenvalue weighted by Crippen LogP contribution is -2.08. The van der Waals surface area contributed by atoms with Crippen molar-refractivity contribution in [3.8, 4) is 0 Å². The molecule has 74 valence electrons. The lowest BCUT2D eigenvalue weighted by Gasteiger charge is -1.99. The molecule has 5 heteroatoms. The minimum absolute atomic E-state index is 0.155. The van der Waals surface area contributed by atoms with Gasteiger partial charge in [-0.25, -0.2) is 4.98 Å². The SMILES string of the molecule is O=C(O)Cc1cccc(C(=O)CBr)n1. The molecule has 0 aliphatic rings. The van der Waals surface area contributed by atoms with Gasteiger partial charge in [-0.2, -0.15) is 0 Å². The van der Waals surface area contributed by atoms with E-state index in [2.05, 4.69) is 20.9 Å². The van der Waals surface area contributed by atoms with Gasteiger partial charge >= 0.3 is 5.97 Å². The smallest absolute Gasteiger partial charge is 0.309 e. The van der Waals surface area contributed by atoms with Gasteiger partial charge in [0.1, 0.15) is 5.69 Å². The third kappa shape index (κ3) is 2.92. The van der Waals surface area contributed by atoms with Gasteiger partial charge in [-0.15, -0.1) is 0 Å². The van der Waals surface area contributed by atoms with Gasteiger partial charge in [-0.05, 0) is 12.1 Å². The van der Waals surface area contributed by atoms with Crippen LogP contribution >= 0.6 is 15.9 Å². The summed E-state index contributed by atoms with van der Waals surface area (Å²) >= 11 is 3.02. The number of aromatic nitrogens is 1. The van der Waals surface area contributed by atoms with Crippen molar-refractivity contribution in [3.63, 3.8) is 0 Å². The first-order valence-corrected chi connectivity index (χ1v) is 5.02. The van der Waals surface area contributed by atoms with Crippen molar-refractivity contribution < 1.29 is 14.7 Å². The highest BCUT2D eigenvalue weighted by Gasteiger charge is 2.07. The first-order valence-electron chi connectivity index (χ1n) is 3.90. The van der Waals surface area contributed by atoms with Crippen LogP contribution in [0.15, 0.2) is 18.2 Å². The number of halogens is 1. The summed E-state index contributed by atoms with van der Waals surface area (Å²) in [5, 5.41) is 8.71. The van der Waals surface area contributed by atoms with Gasteiger partial charge in [-0.3, -0.25) is 9.59 Å². The molecule has 0 saturated heterocycles. The van der Waals surface area contributed by atoms with Crippen molar-refractivity contribution in [2.24, 2.45) is 0 Å². The molecular formula is C9H8BrNO3. The predicted molar refractivity (Wildman–Crippen MR) is 53.7 cm³/mol. The van der Waals surface area contributed by atoms with Crippen LogP contribution < -0.4 is 0 Å². The number of ketones is 1. The van der Waals surface area contributed by atoms with E-state index >= 15 is 0 Å². The first kappa shape index (κ1) is 10.8. The fourth-order valence-electron chi connectivity index (χ4n) is 0.957. The molecule has 0 bridgehead atoms. The Morgan fingerprint density at radius 2 is 2.14 bits per heavy atom. The molecule has 0 spiro atoms. The summed E-state index contributed by atoms with van der Waals surface area (Å²) < 4.78 is 0. The average molecular weight is 258 g/mol. The van der Waals surface area contributed by atoms with E-state index in [0.717, 1.165) is 0 Å². The maximum Gasteiger partial charge on any atom is 0.309 e. The second-order valence-electron chi connectivity index (χ2n) is 2.64. The molecule has 0 aromatic carbocycles. The summed E-state index contributed by atoms with van der Waals surface area (Å²) in [5.74, 6) is -1.11. The molecule has 1 heterocycles. The summed E-state index contributed by atoms with van der Waals surface area (Å²) in [5.41, 5.74) is 0.685. The van der Waals surface area contributed by atoms with Crippen LogP contribution in [0.25, 0.3) is 0 Å². The molecule has 4 nitrogen and oxygen atoms in total. The van der Waals surface area contributed by atoms with Gasteiger partial charge in [-0.1, -0.05) is 22.0 Å². The molecule has 0 aliphatic heterocycles. The van der Waals surface area contributed by atoms with Crippen molar-refractivity contribution in [2.45, 2.75) is 6.42 Å². The minimum Gasteiger partial charge on any atom is -0.481 e. The second kappa shape index (κ2) is 4.85. The number of rotatable bonds is 4. The molecule has 1 aromatic heterocycles. The van der Waals surface area contributed by atoms with E-state index in [1.165, 1.54) is 0 Å². The number of hydrogen-bond acceptors (Lipinski definition) is 3. The topological polar surface area (TPSA) is 67.3 Å². The summed E-state index contributed by atoms with van der Waals surface area (Å²) in [6.07, 6.45) is -0.163. The Bertz CT molecular complexity index is 365. The third-order valence-electron chi connectivity index (χ3n) is 1.55. The van der Waals surface area contributed by atoms with E-state index < -0.39 is 5.97 Å². The summed E-state index contributed by atoms with van der Waals surface area (Å²) in [7, 11) is 0. The number of alkyl halides is 1. The van der Waals surface area contributed by atoms with E-state index in [9.17, 15) is 9.59 Å². The van der Waals surface area contributed by atoms with E-state index in [1.54, 1.807) is 18.2 Å². The number of carboxylic acids is 1. The largest absolute Gasteiger partial charge is 0.481 e. The number of carboxylic acid groups (broad SMARTS) is 1. The Labute approximate surface area is 89.1 Å². The lowest BCUT2D eigenvalue weighted by atomic mass is 10.2. The fourth-order valence-corrected chi connectivity index (χ4v) is 1.24. The molecule has 0 saturated carbocycles. The number of carbonyl (C=O) groups is 2. The second-order valence-corrected chi connectivity index (χ2v) is 3.20. The van der Waals surface area contributed by atoms with Gasteiger partial charge in [0.2, 0.25) is 0 Å². The third-order valence-corrected chi connectivity index (χ3v) is 2.06. The molecule has 1 aromatic rings. The van der Waals surface area contributed by atoms with Crippen molar-refractivity contribution in [1.29, 1.82) is 0 Å². The highest BCUT2D eigenvalue weighted by Crippen LogP contribution is 2.03. The van der Waals surface area contributed by atoms with Crippen molar-refractivity contribution in [3.05, 3.63) is 29.6 Å². The number of Topliss-reactive ketones (excluding diaryl/α,β-unsaturated/α-hetero) is 1. The number of nitrogens with zero attached hydrogens (tertiary/aromatic N) is 1. The molecule has 0 fully saturated rings. The Kier molecular flexibility index (Phi) is 3.76. The van der Waals surface area contributed by atoms with E-state index in [-0.39, 0.29) is 17.5 Å². The zero-order chi connectivity index (χ0) is 10.6. The maximum absolute atomic E-state index is 11.2. The molecule has 0 unspecified atom stereocenters. The Morgan fingerprint density at radius 1 is 1.43 bits per heavy atom. The molecule has 0 atom stereocenters. The first-order chi connectivity index (χ1) is 6.63. The molecular weight excluding hydrogens is 250 g/mol. The van der Waals surface area contributed by atoms with Crippen LogP contribution in [0.4, 0.5) is 0 Å². The molecule has 1 N–H and O–H groups in total. The maximum atomic E-state index is 11.2. The zero-order valence-electron chi connectivity index (χ0n) is 7.24. The summed E-state index contributed by atoms with van der Waals surface area (Å²) in [4.78, 5) is 25.5. The quantitative estimate of drug-likeness (QED) is 0.652. The molecule has 1 rings (SSSR count). The number of hydrogen-bond donors (Lipinski definition) is 1. The number of aliphatic carboxylic acids is 1. The van der Waals surface area contributed by atoms with Gasteiger partial charge in [0.25, 0.3) is 0 Å². The van der Waals surface area contributed by atoms with Crippen LogP contribution in [-0.4, -0.2) is 27.2 Å². The standard InChI is InChI=1S/C9H8BrNO3/c10-5-8(12)7-3-1-2-6(11-7)4-9(13)14/h1-3H,4-5H2,(H,13,14). The molecule has 0 aliphatic carbocycles. The normalized spacial score (nSPS) is 9.79. The number of carbonyl (C=O) groups excluding carboxylic acids is 1. The van der Waals surface area contributed by atoms with Gasteiger partial charge in [0.05, 0.1) is 17.4 Å². The predicted octanol–water partition coefficient (Wildman–Crippen LogP) is 1.29. The number of pyridine rings is 1. The van der Waals surface area contributed by atoms with Gasteiger partial charge in [0, 0.05) is 0 Å². The molecule has 14 heavy (non-hydrogen) atoms. The molecule has 0 amide bonds. The van der Waals surface area contributed by atoms with Crippen LogP contribution in [0.3, 0.4) is 0 Å². The lowest BCUT2D eigenvalue weighted by molar-refractivity contribution is -0.136. The monoisotopic (exact) mass is 257 g/mol. The van der Waals surface area contributed by atoms with Crippen molar-refractivity contribution in [1.82, 2.24) is 4.98 Å². The van der Waals surface area contributed by atoms with Crippen LogP contribution in [0, 0.1) is 0 Å². The van der Waals surface area contributed by atoms with Gasteiger partial charge < -0.3 is 5.11 Å². The van der Waals surface area contributed by atoms with E-state index in [4.69, 9.17) is 5.11 Å². The zero-order valence-corrected chi connectivity index (χ0v) is 8.82. The van der Waals surface area contributed by atoms with Crippen LogP contribution in [0.1, 0.15) is 16.2 Å². The van der Waals surface area contributed by atoms with Crippen LogP contribution in [-0.2, 0) is 11.2 Å². The van der Waals surface area contributed by atoms with E-state index in [0.29, 0.717) is 11.4 Å². The Balaban J connectivity index is 2.89. The van der Waals surface area contributed by atoms with Crippen LogP contribution in [0.2, 0.25) is 0 Å². The van der Waals surface area contributed by atoms with E-state index in [1.807, 2.05) is 0 Å². The summed E-state index contributed by atoms with van der Waals surface area (Å²) in [6.45, 7) is 0. The minimum atomic E-state index is -0.957.